The Morgan fingerprint density at radius 1 is 1.19 bits per heavy atom. The van der Waals surface area contributed by atoms with Crippen LogP contribution in [0.4, 0.5) is 0 Å². The lowest BCUT2D eigenvalue weighted by Crippen LogP contribution is -2.22. The van der Waals surface area contributed by atoms with Crippen molar-refractivity contribution >= 4 is 11.0 Å². The van der Waals surface area contributed by atoms with E-state index >= 15 is 0 Å². The highest BCUT2D eigenvalue weighted by Crippen LogP contribution is 2.35. The van der Waals surface area contributed by atoms with Crippen LogP contribution in [0.25, 0.3) is 11.0 Å². The van der Waals surface area contributed by atoms with E-state index in [0.29, 0.717) is 6.04 Å². The minimum atomic E-state index is 0.101. The predicted octanol–water partition coefficient (Wildman–Crippen LogP) is 5.18. The molecule has 2 aromatic rings. The molecular weight excluding hydrogens is 258 g/mol. The van der Waals surface area contributed by atoms with Gasteiger partial charge in [-0.15, -0.1) is 0 Å². The van der Waals surface area contributed by atoms with Crippen molar-refractivity contribution in [1.29, 1.82) is 0 Å². The lowest BCUT2D eigenvalue weighted by atomic mass is 9.85. The number of hydrogen-bond donors (Lipinski definition) is 1. The molecule has 0 saturated heterocycles. The van der Waals surface area contributed by atoms with Crippen LogP contribution in [0.2, 0.25) is 0 Å². The first kappa shape index (κ1) is 16.1. The molecule has 2 heteroatoms. The summed E-state index contributed by atoms with van der Waals surface area (Å²) in [6.07, 6.45) is 2.22. The molecule has 1 heterocycles. The van der Waals surface area contributed by atoms with Gasteiger partial charge in [0.2, 0.25) is 0 Å². The highest BCUT2D eigenvalue weighted by atomic mass is 16.3. The molecule has 2 rings (SSSR count). The maximum Gasteiger partial charge on any atom is 0.138 e. The summed E-state index contributed by atoms with van der Waals surface area (Å²) in [7, 11) is 0. The zero-order valence-electron chi connectivity index (χ0n) is 14.3. The van der Waals surface area contributed by atoms with E-state index in [1.165, 1.54) is 16.5 Å². The number of hydrogen-bond acceptors (Lipinski definition) is 2. The maximum atomic E-state index is 6.30. The number of nitrogens with one attached hydrogen (secondary N) is 1. The lowest BCUT2D eigenvalue weighted by molar-refractivity contribution is 0.475. The Kier molecular flexibility index (Phi) is 4.77. The molecule has 1 N–H and O–H groups in total. The molecule has 0 aliphatic carbocycles. The summed E-state index contributed by atoms with van der Waals surface area (Å²) in [6, 6.07) is 7.03. The van der Waals surface area contributed by atoms with Crippen LogP contribution in [0.1, 0.15) is 64.9 Å². The van der Waals surface area contributed by atoms with E-state index < -0.39 is 0 Å². The van der Waals surface area contributed by atoms with E-state index in [4.69, 9.17) is 4.42 Å². The van der Waals surface area contributed by atoms with Crippen molar-refractivity contribution in [1.82, 2.24) is 5.32 Å². The maximum absolute atomic E-state index is 6.30. The fourth-order valence-electron chi connectivity index (χ4n) is 2.77. The number of benzene rings is 1. The monoisotopic (exact) mass is 287 g/mol. The van der Waals surface area contributed by atoms with Gasteiger partial charge in [-0.25, -0.2) is 0 Å². The average Bonchev–Trinajstić information content (AvgIpc) is 2.74. The molecule has 0 amide bonds. The number of rotatable bonds is 5. The molecule has 116 valence electrons. The van der Waals surface area contributed by atoms with Crippen LogP contribution in [-0.4, -0.2) is 6.04 Å². The molecule has 0 unspecified atom stereocenters. The van der Waals surface area contributed by atoms with Crippen molar-refractivity contribution < 1.29 is 4.42 Å². The quantitative estimate of drug-likeness (QED) is 0.819. The van der Waals surface area contributed by atoms with Crippen molar-refractivity contribution in [3.63, 3.8) is 0 Å². The first-order valence-corrected chi connectivity index (χ1v) is 8.11. The third-order valence-corrected chi connectivity index (χ3v) is 3.88. The molecule has 0 radical (unpaired) electrons. The second kappa shape index (κ2) is 6.23. The van der Waals surface area contributed by atoms with Crippen molar-refractivity contribution in [3.05, 3.63) is 35.1 Å². The summed E-state index contributed by atoms with van der Waals surface area (Å²) in [5.74, 6) is 1.11. The standard InChI is InChI=1S/C19H29NO/c1-7-9-14-15-10-8-11-16(19(4,5)6)18(15)21-17(14)12-20-13(2)3/h8,10-11,13,20H,7,9,12H2,1-6H3. The molecule has 1 aromatic carbocycles. The van der Waals surface area contributed by atoms with Crippen LogP contribution in [0.5, 0.6) is 0 Å². The predicted molar refractivity (Wildman–Crippen MR) is 90.9 cm³/mol. The van der Waals surface area contributed by atoms with E-state index in [-0.39, 0.29) is 5.41 Å². The molecule has 0 fully saturated rings. The van der Waals surface area contributed by atoms with Gasteiger partial charge in [-0.3, -0.25) is 0 Å². The van der Waals surface area contributed by atoms with Gasteiger partial charge >= 0.3 is 0 Å². The van der Waals surface area contributed by atoms with Crippen LogP contribution in [0, 0.1) is 0 Å². The van der Waals surface area contributed by atoms with Gasteiger partial charge in [0, 0.05) is 22.6 Å². The number of aryl methyl sites for hydroxylation is 1. The van der Waals surface area contributed by atoms with E-state index in [1.807, 2.05) is 0 Å². The second-order valence-electron chi connectivity index (χ2n) is 7.22. The zero-order valence-corrected chi connectivity index (χ0v) is 14.3. The fraction of sp³-hybridized carbons (Fsp3) is 0.579. The van der Waals surface area contributed by atoms with Gasteiger partial charge in [0.15, 0.2) is 0 Å². The Morgan fingerprint density at radius 2 is 1.90 bits per heavy atom. The molecule has 0 spiro atoms. The minimum absolute atomic E-state index is 0.101. The van der Waals surface area contributed by atoms with Gasteiger partial charge in [0.25, 0.3) is 0 Å². The van der Waals surface area contributed by atoms with Crippen LogP contribution >= 0.6 is 0 Å². The minimum Gasteiger partial charge on any atom is -0.459 e. The van der Waals surface area contributed by atoms with E-state index in [9.17, 15) is 0 Å². The molecule has 2 nitrogen and oxygen atoms in total. The van der Waals surface area contributed by atoms with Crippen molar-refractivity contribution in [3.8, 4) is 0 Å². The number of fused-ring (bicyclic) bond motifs is 1. The van der Waals surface area contributed by atoms with E-state index in [2.05, 4.69) is 65.1 Å². The fourth-order valence-corrected chi connectivity index (χ4v) is 2.77. The Labute approximate surface area is 128 Å². The van der Waals surface area contributed by atoms with Crippen LogP contribution in [-0.2, 0) is 18.4 Å². The van der Waals surface area contributed by atoms with Crippen molar-refractivity contribution in [2.45, 2.75) is 72.4 Å². The summed E-state index contributed by atoms with van der Waals surface area (Å²) >= 11 is 0. The molecular formula is C19H29NO. The van der Waals surface area contributed by atoms with Gasteiger partial charge in [-0.2, -0.15) is 0 Å². The Morgan fingerprint density at radius 3 is 2.48 bits per heavy atom. The van der Waals surface area contributed by atoms with E-state index in [1.54, 1.807) is 0 Å². The average molecular weight is 287 g/mol. The zero-order chi connectivity index (χ0) is 15.6. The first-order valence-electron chi connectivity index (χ1n) is 8.11. The second-order valence-corrected chi connectivity index (χ2v) is 7.22. The van der Waals surface area contributed by atoms with Gasteiger partial charge in [0.1, 0.15) is 11.3 Å². The normalized spacial score (nSPS) is 12.5. The smallest absolute Gasteiger partial charge is 0.138 e. The van der Waals surface area contributed by atoms with Crippen molar-refractivity contribution in [2.24, 2.45) is 0 Å². The van der Waals surface area contributed by atoms with Crippen LogP contribution in [0.15, 0.2) is 22.6 Å². The highest BCUT2D eigenvalue weighted by Gasteiger charge is 2.22. The van der Waals surface area contributed by atoms with Gasteiger partial charge in [0.05, 0.1) is 6.54 Å². The first-order chi connectivity index (χ1) is 9.84. The number of furan rings is 1. The molecule has 0 saturated carbocycles. The summed E-state index contributed by atoms with van der Waals surface area (Å²) in [4.78, 5) is 0. The van der Waals surface area contributed by atoms with Gasteiger partial charge in [-0.1, -0.05) is 66.2 Å². The largest absolute Gasteiger partial charge is 0.459 e. The molecule has 1 aromatic heterocycles. The Bertz CT molecular complexity index is 602. The summed E-state index contributed by atoms with van der Waals surface area (Å²) < 4.78 is 6.30. The summed E-state index contributed by atoms with van der Waals surface area (Å²) in [6.45, 7) is 14.1. The molecule has 0 aliphatic heterocycles. The lowest BCUT2D eigenvalue weighted by Gasteiger charge is -2.18. The van der Waals surface area contributed by atoms with E-state index in [0.717, 1.165) is 30.7 Å². The highest BCUT2D eigenvalue weighted by molar-refractivity contribution is 5.86. The Balaban J connectivity index is 2.55. The number of para-hydroxylation sites is 1. The molecule has 0 atom stereocenters. The van der Waals surface area contributed by atoms with Crippen LogP contribution in [0.3, 0.4) is 0 Å². The van der Waals surface area contributed by atoms with Crippen LogP contribution < -0.4 is 5.32 Å². The van der Waals surface area contributed by atoms with Gasteiger partial charge in [-0.05, 0) is 11.8 Å². The molecule has 21 heavy (non-hydrogen) atoms. The van der Waals surface area contributed by atoms with Gasteiger partial charge < -0.3 is 9.73 Å². The molecule has 0 aliphatic rings. The third kappa shape index (κ3) is 3.49. The SMILES string of the molecule is CCCc1c(CNC(C)C)oc2c(C(C)(C)C)cccc12. The van der Waals surface area contributed by atoms with Crippen molar-refractivity contribution in [2.75, 3.05) is 0 Å². The third-order valence-electron chi connectivity index (χ3n) is 3.88. The molecule has 0 bridgehead atoms. The summed E-state index contributed by atoms with van der Waals surface area (Å²) in [5, 5.41) is 4.78. The Hall–Kier alpha value is -1.28. The topological polar surface area (TPSA) is 25.2 Å². The summed E-state index contributed by atoms with van der Waals surface area (Å²) in [5.41, 5.74) is 3.86.